The Morgan fingerprint density at radius 2 is 1.71 bits per heavy atom. The lowest BCUT2D eigenvalue weighted by Gasteiger charge is -2.41. The third-order valence-corrected chi connectivity index (χ3v) is 8.73. The Morgan fingerprint density at radius 1 is 1.04 bits per heavy atom. The number of likely N-dealkylation sites (N-methyl/N-ethyl adjacent to an activating group) is 1. The number of aryl methyl sites for hydroxylation is 1. The number of carbonyl (C=O) groups is 3. The van der Waals surface area contributed by atoms with Crippen LogP contribution in [0, 0.1) is 18.8 Å². The lowest BCUT2D eigenvalue weighted by atomic mass is 9.83. The summed E-state index contributed by atoms with van der Waals surface area (Å²) in [6, 6.07) is 17.5. The Hall–Kier alpha value is -3.59. The number of piperidine rings is 1. The molecular formula is C35H42Cl2N4O4. The fourth-order valence-electron chi connectivity index (χ4n) is 5.85. The molecule has 0 radical (unpaired) electrons. The van der Waals surface area contributed by atoms with E-state index in [0.29, 0.717) is 35.9 Å². The van der Waals surface area contributed by atoms with E-state index < -0.39 is 12.0 Å². The van der Waals surface area contributed by atoms with Crippen LogP contribution in [0.5, 0.6) is 5.75 Å². The molecule has 45 heavy (non-hydrogen) atoms. The summed E-state index contributed by atoms with van der Waals surface area (Å²) in [5.41, 5.74) is 3.08. The minimum absolute atomic E-state index is 0.0715. The number of nitrogens with zero attached hydrogens (tertiary/aromatic N) is 2. The molecule has 2 N–H and O–H groups in total. The van der Waals surface area contributed by atoms with Crippen LogP contribution in [0.3, 0.4) is 0 Å². The summed E-state index contributed by atoms with van der Waals surface area (Å²) in [6.45, 7) is 6.88. The maximum absolute atomic E-state index is 14.1. The smallest absolute Gasteiger partial charge is 0.251 e. The van der Waals surface area contributed by atoms with Gasteiger partial charge in [-0.15, -0.1) is 0 Å². The van der Waals surface area contributed by atoms with Gasteiger partial charge in [0.25, 0.3) is 5.91 Å². The molecule has 1 saturated heterocycles. The van der Waals surface area contributed by atoms with E-state index in [1.807, 2.05) is 74.4 Å². The van der Waals surface area contributed by atoms with Crippen molar-refractivity contribution >= 4 is 52.3 Å². The second-order valence-corrected chi connectivity index (χ2v) is 13.1. The molecule has 1 heterocycles. The van der Waals surface area contributed by atoms with Crippen LogP contribution < -0.4 is 20.3 Å². The van der Waals surface area contributed by atoms with E-state index in [0.717, 1.165) is 17.5 Å². The average Bonchev–Trinajstić information content (AvgIpc) is 2.99. The summed E-state index contributed by atoms with van der Waals surface area (Å²) >= 11 is 13.1. The van der Waals surface area contributed by atoms with Gasteiger partial charge in [0.15, 0.2) is 0 Å². The number of anilines is 2. The number of ether oxygens (including phenoxy) is 1. The van der Waals surface area contributed by atoms with Gasteiger partial charge in [0.2, 0.25) is 11.8 Å². The van der Waals surface area contributed by atoms with Gasteiger partial charge in [-0.2, -0.15) is 0 Å². The van der Waals surface area contributed by atoms with Gasteiger partial charge in [0.05, 0.1) is 34.8 Å². The second kappa shape index (κ2) is 15.1. The van der Waals surface area contributed by atoms with Crippen molar-refractivity contribution in [1.29, 1.82) is 0 Å². The fraction of sp³-hybridized carbons (Fsp3) is 0.400. The molecule has 0 bridgehead atoms. The molecule has 3 amide bonds. The van der Waals surface area contributed by atoms with E-state index >= 15 is 0 Å². The van der Waals surface area contributed by atoms with Gasteiger partial charge in [0.1, 0.15) is 5.75 Å². The number of hydrogen-bond acceptors (Lipinski definition) is 5. The maximum Gasteiger partial charge on any atom is 0.251 e. The van der Waals surface area contributed by atoms with E-state index in [9.17, 15) is 14.4 Å². The number of nitrogens with one attached hydrogen (secondary N) is 2. The van der Waals surface area contributed by atoms with Gasteiger partial charge in [-0.1, -0.05) is 66.9 Å². The lowest BCUT2D eigenvalue weighted by molar-refractivity contribution is -0.125. The summed E-state index contributed by atoms with van der Waals surface area (Å²) in [6.07, 6.45) is 1.33. The molecule has 0 aliphatic carbocycles. The van der Waals surface area contributed by atoms with E-state index in [1.54, 1.807) is 18.1 Å². The van der Waals surface area contributed by atoms with Crippen molar-refractivity contribution in [3.8, 4) is 5.75 Å². The van der Waals surface area contributed by atoms with Gasteiger partial charge in [-0.25, -0.2) is 0 Å². The van der Waals surface area contributed by atoms with E-state index in [-0.39, 0.29) is 45.9 Å². The molecule has 10 heteroatoms. The summed E-state index contributed by atoms with van der Waals surface area (Å²) in [5, 5.41) is 6.34. The Labute approximate surface area is 276 Å². The molecule has 3 aromatic carbocycles. The van der Waals surface area contributed by atoms with Crippen LogP contribution >= 0.6 is 23.2 Å². The standard InChI is InChI=1S/C35H42Cl2N4O4/c1-21(2)17-25(20-40(4)5)38-34(43)24-18-29(36)32(37)30(19-24)39-35(44)28-15-16-31(42)41(26-11-7-22(3)8-12-26)33(28)23-9-13-27(45-6)14-10-23/h7-14,18-19,21,25,28,33H,15-17,20H2,1-6H3,(H,38,43)(H,39,44). The molecule has 0 spiro atoms. The quantitative estimate of drug-likeness (QED) is 0.230. The average molecular weight is 654 g/mol. The van der Waals surface area contributed by atoms with Crippen LogP contribution in [0.25, 0.3) is 0 Å². The van der Waals surface area contributed by atoms with Gasteiger partial charge >= 0.3 is 0 Å². The molecule has 0 saturated carbocycles. The highest BCUT2D eigenvalue weighted by Gasteiger charge is 2.41. The fourth-order valence-corrected chi connectivity index (χ4v) is 6.23. The van der Waals surface area contributed by atoms with Crippen molar-refractivity contribution in [2.75, 3.05) is 38.0 Å². The molecule has 0 aromatic heterocycles. The predicted molar refractivity (Wildman–Crippen MR) is 181 cm³/mol. The normalized spacial score (nSPS) is 17.4. The molecule has 1 aliphatic rings. The molecule has 1 fully saturated rings. The first kappa shape index (κ1) is 34.3. The van der Waals surface area contributed by atoms with E-state index in [2.05, 4.69) is 24.5 Å². The monoisotopic (exact) mass is 652 g/mol. The van der Waals surface area contributed by atoms with Crippen molar-refractivity contribution in [1.82, 2.24) is 10.2 Å². The minimum Gasteiger partial charge on any atom is -0.497 e. The van der Waals surface area contributed by atoms with Crippen LogP contribution in [0.4, 0.5) is 11.4 Å². The van der Waals surface area contributed by atoms with E-state index in [1.165, 1.54) is 6.07 Å². The zero-order chi connectivity index (χ0) is 32.8. The number of rotatable bonds is 11. The van der Waals surface area contributed by atoms with Crippen LogP contribution in [0.2, 0.25) is 10.0 Å². The Balaban J connectivity index is 1.66. The van der Waals surface area contributed by atoms with Gasteiger partial charge in [-0.3, -0.25) is 14.4 Å². The van der Waals surface area contributed by atoms with Crippen molar-refractivity contribution in [2.24, 2.45) is 11.8 Å². The molecule has 4 rings (SSSR count). The zero-order valence-corrected chi connectivity index (χ0v) is 28.2. The Morgan fingerprint density at radius 3 is 2.31 bits per heavy atom. The van der Waals surface area contributed by atoms with Crippen molar-refractivity contribution in [3.63, 3.8) is 0 Å². The first-order valence-electron chi connectivity index (χ1n) is 15.2. The van der Waals surface area contributed by atoms with Gasteiger partial charge in [-0.05, 0) is 81.7 Å². The molecular weight excluding hydrogens is 611 g/mol. The Kier molecular flexibility index (Phi) is 11.5. The molecule has 3 atom stereocenters. The molecule has 240 valence electrons. The number of carbonyl (C=O) groups excluding carboxylic acids is 3. The summed E-state index contributed by atoms with van der Waals surface area (Å²) in [4.78, 5) is 44.6. The van der Waals surface area contributed by atoms with Gasteiger partial charge in [0, 0.05) is 30.3 Å². The summed E-state index contributed by atoms with van der Waals surface area (Å²) < 4.78 is 5.35. The largest absolute Gasteiger partial charge is 0.497 e. The topological polar surface area (TPSA) is 91.0 Å². The highest BCUT2D eigenvalue weighted by molar-refractivity contribution is 6.44. The van der Waals surface area contributed by atoms with Crippen LogP contribution in [-0.2, 0) is 9.59 Å². The summed E-state index contributed by atoms with van der Waals surface area (Å²) in [5.74, 6) is -0.277. The third-order valence-electron chi connectivity index (χ3n) is 7.93. The predicted octanol–water partition coefficient (Wildman–Crippen LogP) is 7.14. The lowest BCUT2D eigenvalue weighted by Crippen LogP contribution is -2.47. The molecule has 1 aliphatic heterocycles. The molecule has 3 unspecified atom stereocenters. The maximum atomic E-state index is 14.1. The number of amides is 3. The first-order chi connectivity index (χ1) is 21.4. The highest BCUT2D eigenvalue weighted by Crippen LogP contribution is 2.42. The van der Waals surface area contributed by atoms with Crippen LogP contribution in [0.15, 0.2) is 60.7 Å². The number of halogens is 2. The van der Waals surface area contributed by atoms with Crippen LogP contribution in [0.1, 0.15) is 60.6 Å². The zero-order valence-electron chi connectivity index (χ0n) is 26.7. The van der Waals surface area contributed by atoms with Crippen LogP contribution in [-0.4, -0.2) is 56.4 Å². The first-order valence-corrected chi connectivity index (χ1v) is 15.9. The number of benzene rings is 3. The SMILES string of the molecule is COc1ccc(C2C(C(=O)Nc3cc(C(=O)NC(CC(C)C)CN(C)C)cc(Cl)c3Cl)CCC(=O)N2c2ccc(C)cc2)cc1. The minimum atomic E-state index is -0.625. The van der Waals surface area contributed by atoms with Crippen molar-refractivity contribution in [3.05, 3.63) is 87.4 Å². The molecule has 3 aromatic rings. The highest BCUT2D eigenvalue weighted by atomic mass is 35.5. The molecule has 8 nitrogen and oxygen atoms in total. The van der Waals surface area contributed by atoms with E-state index in [4.69, 9.17) is 27.9 Å². The van der Waals surface area contributed by atoms with Gasteiger partial charge < -0.3 is 25.2 Å². The Bertz CT molecular complexity index is 1500. The number of hydrogen-bond donors (Lipinski definition) is 2. The third kappa shape index (κ3) is 8.57. The second-order valence-electron chi connectivity index (χ2n) is 12.3. The van der Waals surface area contributed by atoms with Crippen molar-refractivity contribution < 1.29 is 19.1 Å². The number of methoxy groups -OCH3 is 1. The summed E-state index contributed by atoms with van der Waals surface area (Å²) in [7, 11) is 5.51. The van der Waals surface area contributed by atoms with Crippen molar-refractivity contribution in [2.45, 2.75) is 52.1 Å².